The summed E-state index contributed by atoms with van der Waals surface area (Å²) < 4.78 is 29.3. The highest BCUT2D eigenvalue weighted by molar-refractivity contribution is 7.92. The molecule has 0 fully saturated rings. The average Bonchev–Trinajstić information content (AvgIpc) is 3.02. The van der Waals surface area contributed by atoms with E-state index in [0.29, 0.717) is 34.3 Å². The molecular formula is C35H37Cl2N3O4S. The number of nitrogens with one attached hydrogen (secondary N) is 1. The number of anilines is 1. The number of nitrogens with zero attached hydrogens (tertiary/aromatic N) is 2. The van der Waals surface area contributed by atoms with Crippen molar-refractivity contribution in [3.8, 4) is 0 Å². The Hall–Kier alpha value is -3.85. The minimum Gasteiger partial charge on any atom is -0.354 e. The lowest BCUT2D eigenvalue weighted by Gasteiger charge is -2.34. The van der Waals surface area contributed by atoms with Crippen LogP contribution < -0.4 is 9.62 Å². The second-order valence-corrected chi connectivity index (χ2v) is 13.6. The number of hydrogen-bond acceptors (Lipinski definition) is 4. The molecule has 4 aromatic carbocycles. The van der Waals surface area contributed by atoms with Crippen LogP contribution in [0.4, 0.5) is 5.69 Å². The van der Waals surface area contributed by atoms with Gasteiger partial charge in [-0.2, -0.15) is 0 Å². The summed E-state index contributed by atoms with van der Waals surface area (Å²) >= 11 is 12.7. The number of amides is 2. The lowest BCUT2D eigenvalue weighted by Crippen LogP contribution is -2.53. The fraction of sp³-hybridized carbons (Fsp3) is 0.257. The Morgan fingerprint density at radius 3 is 2.07 bits per heavy atom. The molecule has 1 N–H and O–H groups in total. The zero-order valence-corrected chi connectivity index (χ0v) is 27.9. The molecule has 10 heteroatoms. The fourth-order valence-corrected chi connectivity index (χ4v) is 6.71. The van der Waals surface area contributed by atoms with Crippen LogP contribution in [0.1, 0.15) is 35.6 Å². The molecule has 0 aromatic heterocycles. The van der Waals surface area contributed by atoms with Crippen molar-refractivity contribution >= 4 is 50.7 Å². The number of carbonyl (C=O) groups excluding carboxylic acids is 2. The minimum atomic E-state index is -4.18. The Bertz CT molecular complexity index is 1710. The molecule has 1 atom stereocenters. The van der Waals surface area contributed by atoms with Gasteiger partial charge < -0.3 is 10.2 Å². The lowest BCUT2D eigenvalue weighted by atomic mass is 10.0. The highest BCUT2D eigenvalue weighted by Crippen LogP contribution is 2.27. The summed E-state index contributed by atoms with van der Waals surface area (Å²) in [6.07, 6.45) is 0.916. The number of halogens is 2. The van der Waals surface area contributed by atoms with Gasteiger partial charge in [-0.05, 0) is 67.8 Å². The maximum Gasteiger partial charge on any atom is 0.264 e. The van der Waals surface area contributed by atoms with Crippen LogP contribution in [0.15, 0.2) is 102 Å². The maximum atomic E-state index is 14.5. The van der Waals surface area contributed by atoms with E-state index in [1.807, 2.05) is 51.1 Å². The summed E-state index contributed by atoms with van der Waals surface area (Å²) in [5.74, 6) is -0.910. The molecular weight excluding hydrogens is 629 g/mol. The number of hydrogen-bond donors (Lipinski definition) is 1. The van der Waals surface area contributed by atoms with Crippen LogP contribution in [-0.2, 0) is 32.6 Å². The fourth-order valence-electron chi connectivity index (χ4n) is 4.83. The van der Waals surface area contributed by atoms with Gasteiger partial charge in [0, 0.05) is 29.6 Å². The van der Waals surface area contributed by atoms with Crippen molar-refractivity contribution in [3.05, 3.63) is 129 Å². The van der Waals surface area contributed by atoms with E-state index in [0.717, 1.165) is 21.0 Å². The first-order valence-electron chi connectivity index (χ1n) is 14.7. The van der Waals surface area contributed by atoms with Crippen LogP contribution in [-0.4, -0.2) is 44.3 Å². The van der Waals surface area contributed by atoms with Crippen molar-refractivity contribution in [1.29, 1.82) is 0 Å². The first kappa shape index (κ1) is 34.0. The molecule has 0 aliphatic rings. The first-order valence-corrected chi connectivity index (χ1v) is 16.9. The number of carbonyl (C=O) groups is 2. The largest absolute Gasteiger partial charge is 0.354 e. The van der Waals surface area contributed by atoms with E-state index in [2.05, 4.69) is 5.32 Å². The molecule has 0 saturated carbocycles. The molecule has 0 spiro atoms. The molecule has 0 bridgehead atoms. The standard InChI is InChI=1S/C35H37Cl2N3O4S/c1-4-20-38-35(42)33(21-27-8-6-5-7-9-27)39(23-28-14-15-29(36)22-32(28)37)34(41)24-40(30-16-10-25(2)11-17-30)45(43,44)31-18-12-26(3)13-19-31/h5-19,22,33H,4,20-21,23-24H2,1-3H3,(H,38,42). The summed E-state index contributed by atoms with van der Waals surface area (Å²) in [5, 5.41) is 3.69. The van der Waals surface area contributed by atoms with Gasteiger partial charge in [-0.1, -0.05) is 102 Å². The number of rotatable bonds is 13. The summed E-state index contributed by atoms with van der Waals surface area (Å²) in [7, 11) is -4.18. The van der Waals surface area contributed by atoms with Gasteiger partial charge in [0.25, 0.3) is 10.0 Å². The van der Waals surface area contributed by atoms with E-state index >= 15 is 0 Å². The van der Waals surface area contributed by atoms with Gasteiger partial charge in [0.2, 0.25) is 11.8 Å². The molecule has 0 radical (unpaired) electrons. The SMILES string of the molecule is CCCNC(=O)C(Cc1ccccc1)N(Cc1ccc(Cl)cc1Cl)C(=O)CN(c1ccc(C)cc1)S(=O)(=O)c1ccc(C)cc1. The molecule has 4 aromatic rings. The Morgan fingerprint density at radius 2 is 1.47 bits per heavy atom. The van der Waals surface area contributed by atoms with Gasteiger partial charge in [-0.15, -0.1) is 0 Å². The molecule has 45 heavy (non-hydrogen) atoms. The molecule has 7 nitrogen and oxygen atoms in total. The zero-order chi connectivity index (χ0) is 32.6. The van der Waals surface area contributed by atoms with Gasteiger partial charge >= 0.3 is 0 Å². The Labute approximate surface area is 275 Å². The first-order chi connectivity index (χ1) is 21.5. The van der Waals surface area contributed by atoms with E-state index in [9.17, 15) is 18.0 Å². The van der Waals surface area contributed by atoms with E-state index in [1.54, 1.807) is 54.6 Å². The molecule has 1 unspecified atom stereocenters. The van der Waals surface area contributed by atoms with E-state index in [4.69, 9.17) is 23.2 Å². The highest BCUT2D eigenvalue weighted by atomic mass is 35.5. The van der Waals surface area contributed by atoms with Crippen molar-refractivity contribution < 1.29 is 18.0 Å². The predicted molar refractivity (Wildman–Crippen MR) is 181 cm³/mol. The van der Waals surface area contributed by atoms with Crippen molar-refractivity contribution in [2.45, 2.75) is 51.1 Å². The van der Waals surface area contributed by atoms with Crippen LogP contribution in [0, 0.1) is 13.8 Å². The number of benzene rings is 4. The molecule has 0 saturated heterocycles. The van der Waals surface area contributed by atoms with Gasteiger partial charge in [-0.3, -0.25) is 13.9 Å². The Balaban J connectivity index is 1.81. The molecule has 236 valence electrons. The zero-order valence-electron chi connectivity index (χ0n) is 25.5. The minimum absolute atomic E-state index is 0.0435. The van der Waals surface area contributed by atoms with Gasteiger partial charge in [0.15, 0.2) is 0 Å². The second kappa shape index (κ2) is 15.4. The third-order valence-corrected chi connectivity index (χ3v) is 9.76. The van der Waals surface area contributed by atoms with Crippen LogP contribution in [0.3, 0.4) is 0 Å². The van der Waals surface area contributed by atoms with Crippen molar-refractivity contribution in [2.24, 2.45) is 0 Å². The quantitative estimate of drug-likeness (QED) is 0.167. The number of aryl methyl sites for hydroxylation is 2. The summed E-state index contributed by atoms with van der Waals surface area (Å²) in [6, 6.07) is 26.8. The van der Waals surface area contributed by atoms with Crippen LogP contribution >= 0.6 is 23.2 Å². The summed E-state index contributed by atoms with van der Waals surface area (Å²) in [4.78, 5) is 29.7. The third-order valence-electron chi connectivity index (χ3n) is 7.39. The monoisotopic (exact) mass is 665 g/mol. The van der Waals surface area contributed by atoms with E-state index < -0.39 is 28.5 Å². The smallest absolute Gasteiger partial charge is 0.264 e. The molecule has 0 aliphatic heterocycles. The third kappa shape index (κ3) is 8.87. The molecule has 0 aliphatic carbocycles. The van der Waals surface area contributed by atoms with E-state index in [-0.39, 0.29) is 23.8 Å². The Kier molecular flexibility index (Phi) is 11.7. The molecule has 4 rings (SSSR count). The number of sulfonamides is 1. The second-order valence-electron chi connectivity index (χ2n) is 10.9. The van der Waals surface area contributed by atoms with Gasteiger partial charge in [0.05, 0.1) is 10.6 Å². The van der Waals surface area contributed by atoms with Crippen LogP contribution in [0.25, 0.3) is 0 Å². The predicted octanol–water partition coefficient (Wildman–Crippen LogP) is 6.97. The lowest BCUT2D eigenvalue weighted by molar-refractivity contribution is -0.140. The highest BCUT2D eigenvalue weighted by Gasteiger charge is 2.34. The summed E-state index contributed by atoms with van der Waals surface area (Å²) in [5.41, 5.74) is 3.58. The van der Waals surface area contributed by atoms with Crippen molar-refractivity contribution in [2.75, 3.05) is 17.4 Å². The summed E-state index contributed by atoms with van der Waals surface area (Å²) in [6.45, 7) is 5.54. The topological polar surface area (TPSA) is 86.8 Å². The average molecular weight is 667 g/mol. The van der Waals surface area contributed by atoms with Crippen molar-refractivity contribution in [3.63, 3.8) is 0 Å². The van der Waals surface area contributed by atoms with Crippen LogP contribution in [0.2, 0.25) is 10.0 Å². The van der Waals surface area contributed by atoms with Crippen molar-refractivity contribution in [1.82, 2.24) is 10.2 Å². The maximum absolute atomic E-state index is 14.5. The Morgan fingerprint density at radius 1 is 0.844 bits per heavy atom. The van der Waals surface area contributed by atoms with Gasteiger partial charge in [-0.25, -0.2) is 8.42 Å². The molecule has 2 amide bonds. The normalized spacial score (nSPS) is 11.9. The van der Waals surface area contributed by atoms with Crippen LogP contribution in [0.5, 0.6) is 0 Å². The van der Waals surface area contributed by atoms with E-state index in [1.165, 1.54) is 17.0 Å². The molecule has 0 heterocycles. The van der Waals surface area contributed by atoms with Gasteiger partial charge in [0.1, 0.15) is 12.6 Å².